The molecule has 9 heteroatoms. The minimum absolute atomic E-state index is 0.00962. The number of ether oxygens (including phenoxy) is 1. The molecular weight excluding hydrogens is 334 g/mol. The first-order valence-electron chi connectivity index (χ1n) is 7.47. The number of aryl methyl sites for hydroxylation is 2. The molecule has 0 spiro atoms. The highest BCUT2D eigenvalue weighted by Crippen LogP contribution is 2.20. The molecule has 0 unspecified atom stereocenters. The number of aromatic nitrogens is 5. The van der Waals surface area contributed by atoms with Crippen LogP contribution in [0.1, 0.15) is 23.0 Å². The van der Waals surface area contributed by atoms with Crippen molar-refractivity contribution in [3.05, 3.63) is 51.3 Å². The topological polar surface area (TPSA) is 83.4 Å². The smallest absolute Gasteiger partial charge is 0.350 e. The van der Waals surface area contributed by atoms with Crippen LogP contribution in [0.3, 0.4) is 0 Å². The van der Waals surface area contributed by atoms with Crippen molar-refractivity contribution < 1.29 is 9.53 Å². The normalized spacial score (nSPS) is 11.1. The van der Waals surface area contributed by atoms with Gasteiger partial charge in [0.2, 0.25) is 0 Å². The molecule has 24 heavy (non-hydrogen) atoms. The molecule has 3 aromatic rings. The van der Waals surface area contributed by atoms with Gasteiger partial charge in [0.15, 0.2) is 5.65 Å². The van der Waals surface area contributed by atoms with E-state index in [-0.39, 0.29) is 29.6 Å². The van der Waals surface area contributed by atoms with E-state index in [2.05, 4.69) is 10.2 Å². The average molecular weight is 350 g/mol. The van der Waals surface area contributed by atoms with Gasteiger partial charge in [-0.1, -0.05) is 17.7 Å². The number of carbonyl (C=O) groups is 1. The number of hydrogen-bond donors (Lipinski definition) is 0. The Morgan fingerprint density at radius 3 is 2.75 bits per heavy atom. The van der Waals surface area contributed by atoms with Gasteiger partial charge in [0, 0.05) is 12.7 Å². The number of fused-ring (bicyclic) bond motifs is 1. The van der Waals surface area contributed by atoms with Gasteiger partial charge in [-0.2, -0.15) is 5.10 Å². The summed E-state index contributed by atoms with van der Waals surface area (Å²) >= 11 is 6.13. The summed E-state index contributed by atoms with van der Waals surface area (Å²) in [5.41, 5.74) is 1.02. The van der Waals surface area contributed by atoms with Crippen LogP contribution >= 0.6 is 11.6 Å². The van der Waals surface area contributed by atoms with Gasteiger partial charge >= 0.3 is 11.7 Å². The van der Waals surface area contributed by atoms with Gasteiger partial charge in [0.05, 0.1) is 12.2 Å². The molecule has 0 atom stereocenters. The molecule has 126 valence electrons. The fourth-order valence-corrected chi connectivity index (χ4v) is 2.78. The van der Waals surface area contributed by atoms with Gasteiger partial charge in [0.1, 0.15) is 17.3 Å². The molecule has 3 heterocycles. The first-order valence-corrected chi connectivity index (χ1v) is 7.85. The van der Waals surface area contributed by atoms with E-state index in [9.17, 15) is 9.59 Å². The predicted octanol–water partition coefficient (Wildman–Crippen LogP) is 1.53. The maximum absolute atomic E-state index is 12.2. The lowest BCUT2D eigenvalue weighted by Crippen LogP contribution is -2.24. The Morgan fingerprint density at radius 2 is 2.08 bits per heavy atom. The van der Waals surface area contributed by atoms with Crippen molar-refractivity contribution >= 4 is 23.2 Å². The van der Waals surface area contributed by atoms with E-state index in [1.54, 1.807) is 31.3 Å². The number of carbonyl (C=O) groups excluding carboxylic acids is 1. The zero-order valence-corrected chi connectivity index (χ0v) is 14.0. The van der Waals surface area contributed by atoms with Crippen molar-refractivity contribution in [1.82, 2.24) is 24.0 Å². The third-order valence-electron chi connectivity index (χ3n) is 3.59. The van der Waals surface area contributed by atoms with Crippen LogP contribution in [0.5, 0.6) is 0 Å². The summed E-state index contributed by atoms with van der Waals surface area (Å²) in [5, 5.41) is 8.59. The molecule has 0 aliphatic heterocycles. The first-order chi connectivity index (χ1) is 11.5. The molecule has 0 fully saturated rings. The van der Waals surface area contributed by atoms with Crippen molar-refractivity contribution in [2.75, 3.05) is 6.61 Å². The van der Waals surface area contributed by atoms with Crippen molar-refractivity contribution in [3.63, 3.8) is 0 Å². The second-order valence-electron chi connectivity index (χ2n) is 5.14. The van der Waals surface area contributed by atoms with E-state index in [4.69, 9.17) is 16.3 Å². The Hall–Kier alpha value is -2.61. The lowest BCUT2D eigenvalue weighted by molar-refractivity contribution is 0.0486. The van der Waals surface area contributed by atoms with Crippen LogP contribution in [0, 0.1) is 6.92 Å². The quantitative estimate of drug-likeness (QED) is 0.652. The van der Waals surface area contributed by atoms with Crippen LogP contribution < -0.4 is 5.69 Å². The fraction of sp³-hybridized carbons (Fsp3) is 0.333. The molecule has 0 aliphatic carbocycles. The van der Waals surface area contributed by atoms with Gasteiger partial charge in [-0.25, -0.2) is 14.3 Å². The molecule has 0 bridgehead atoms. The van der Waals surface area contributed by atoms with Gasteiger partial charge in [0.25, 0.3) is 0 Å². The summed E-state index contributed by atoms with van der Waals surface area (Å²) in [6, 6.07) is 5.27. The van der Waals surface area contributed by atoms with E-state index in [0.29, 0.717) is 17.9 Å². The number of nitrogens with zero attached hydrogens (tertiary/aromatic N) is 5. The number of halogens is 1. The van der Waals surface area contributed by atoms with Crippen molar-refractivity contribution in [3.8, 4) is 0 Å². The predicted molar refractivity (Wildman–Crippen MR) is 87.4 cm³/mol. The van der Waals surface area contributed by atoms with E-state index in [0.717, 1.165) is 0 Å². The second-order valence-corrected chi connectivity index (χ2v) is 5.50. The minimum atomic E-state index is -0.561. The van der Waals surface area contributed by atoms with Crippen LogP contribution in [-0.2, 0) is 17.8 Å². The highest BCUT2D eigenvalue weighted by Gasteiger charge is 2.21. The Bertz CT molecular complexity index is 956. The maximum Gasteiger partial charge on any atom is 0.350 e. The summed E-state index contributed by atoms with van der Waals surface area (Å²) < 4.78 is 9.43. The first kappa shape index (κ1) is 16.3. The maximum atomic E-state index is 12.2. The Balaban J connectivity index is 1.70. The van der Waals surface area contributed by atoms with Gasteiger partial charge in [-0.3, -0.25) is 9.08 Å². The summed E-state index contributed by atoms with van der Waals surface area (Å²) in [6.45, 7) is 4.30. The molecule has 8 nitrogen and oxygen atoms in total. The number of hydrogen-bond acceptors (Lipinski definition) is 5. The average Bonchev–Trinajstić information content (AvgIpc) is 3.04. The van der Waals surface area contributed by atoms with Crippen molar-refractivity contribution in [1.29, 1.82) is 0 Å². The van der Waals surface area contributed by atoms with E-state index >= 15 is 0 Å². The molecule has 0 aliphatic rings. The summed E-state index contributed by atoms with van der Waals surface area (Å²) in [4.78, 5) is 24.3. The number of pyridine rings is 1. The van der Waals surface area contributed by atoms with Crippen LogP contribution in [-0.4, -0.2) is 36.5 Å². The lowest BCUT2D eigenvalue weighted by atomic mass is 10.3. The standard InChI is InChI=1S/C15H16ClN5O3/c1-3-20-13(16)12(10(2)17-20)14(22)24-9-8-21-15(23)19-7-5-4-6-11(19)18-21/h4-7H,3,8-9H2,1-2H3. The highest BCUT2D eigenvalue weighted by molar-refractivity contribution is 6.32. The third-order valence-corrected chi connectivity index (χ3v) is 3.98. The zero-order valence-electron chi connectivity index (χ0n) is 13.3. The number of rotatable bonds is 5. The Kier molecular flexibility index (Phi) is 4.39. The second kappa shape index (κ2) is 6.48. The third kappa shape index (κ3) is 2.80. The van der Waals surface area contributed by atoms with Crippen LogP contribution in [0.15, 0.2) is 29.2 Å². The summed E-state index contributed by atoms with van der Waals surface area (Å²) in [6.07, 6.45) is 1.63. The van der Waals surface area contributed by atoms with E-state index in [1.807, 2.05) is 6.92 Å². The summed E-state index contributed by atoms with van der Waals surface area (Å²) in [7, 11) is 0. The van der Waals surface area contributed by atoms with Crippen molar-refractivity contribution in [2.24, 2.45) is 0 Å². The molecule has 3 rings (SSSR count). The molecule has 3 aromatic heterocycles. The van der Waals surface area contributed by atoms with Gasteiger partial charge in [-0.15, -0.1) is 5.10 Å². The molecule has 0 aromatic carbocycles. The fourth-order valence-electron chi connectivity index (χ4n) is 2.41. The van der Waals surface area contributed by atoms with Gasteiger partial charge in [-0.05, 0) is 26.0 Å². The minimum Gasteiger partial charge on any atom is -0.460 e. The molecule has 0 amide bonds. The SMILES string of the molecule is CCn1nc(C)c(C(=O)OCCn2nc3ccccn3c2=O)c1Cl. The molecule has 0 saturated carbocycles. The van der Waals surface area contributed by atoms with Crippen molar-refractivity contribution in [2.45, 2.75) is 26.9 Å². The van der Waals surface area contributed by atoms with Crippen LogP contribution in [0.2, 0.25) is 5.15 Å². The molecular formula is C15H16ClN5O3. The zero-order chi connectivity index (χ0) is 17.3. The monoisotopic (exact) mass is 349 g/mol. The van der Waals surface area contributed by atoms with E-state index < -0.39 is 5.97 Å². The van der Waals surface area contributed by atoms with Gasteiger partial charge < -0.3 is 4.74 Å². The summed E-state index contributed by atoms with van der Waals surface area (Å²) in [5.74, 6) is -0.561. The lowest BCUT2D eigenvalue weighted by Gasteiger charge is -2.04. The molecule has 0 radical (unpaired) electrons. The highest BCUT2D eigenvalue weighted by atomic mass is 35.5. The molecule has 0 saturated heterocycles. The Labute approximate surface area is 142 Å². The largest absolute Gasteiger partial charge is 0.460 e. The van der Waals surface area contributed by atoms with E-state index in [1.165, 1.54) is 13.8 Å². The van der Waals surface area contributed by atoms with Crippen LogP contribution in [0.4, 0.5) is 0 Å². The number of esters is 1. The van der Waals surface area contributed by atoms with Crippen LogP contribution in [0.25, 0.3) is 5.65 Å². The Morgan fingerprint density at radius 1 is 1.29 bits per heavy atom. The molecule has 0 N–H and O–H groups in total.